The van der Waals surface area contributed by atoms with E-state index in [1.54, 1.807) is 30.5 Å². The molecule has 2 unspecified atom stereocenters. The monoisotopic (exact) mass is 557 g/mol. The van der Waals surface area contributed by atoms with E-state index in [1.807, 2.05) is 36.4 Å². The summed E-state index contributed by atoms with van der Waals surface area (Å²) in [4.78, 5) is 4.45. The molecular weight excluding hydrogens is 532 g/mol. The van der Waals surface area contributed by atoms with E-state index < -0.39 is 18.5 Å². The zero-order valence-electron chi connectivity index (χ0n) is 21.7. The molecule has 5 rings (SSSR count). The molecule has 2 heterocycles. The van der Waals surface area contributed by atoms with Crippen molar-refractivity contribution in [3.05, 3.63) is 112 Å². The maximum atomic E-state index is 15.0. The Morgan fingerprint density at radius 1 is 1.07 bits per heavy atom. The van der Waals surface area contributed by atoms with E-state index in [-0.39, 0.29) is 12.6 Å². The van der Waals surface area contributed by atoms with Crippen molar-refractivity contribution in [2.75, 3.05) is 17.3 Å². The highest BCUT2D eigenvalue weighted by Crippen LogP contribution is 2.37. The standard InChI is InChI=1S/C30H26ClF2N7/c1-2-26(19-8-4-3-5-9-19)37-28-20(16-34)17-35-29-23(28)14-21(15-24(29)31)36-30(22-10-6-7-11-25(22)33)27-18-40(13-12-32)39-38-27/h3-11,14-15,17-18,26,30,36H,2,12-13H2,1H3,(H,35,37). The second-order valence-electron chi connectivity index (χ2n) is 9.22. The zero-order chi connectivity index (χ0) is 28.1. The molecule has 2 atom stereocenters. The SMILES string of the molecule is CCC(Nc1c(C#N)cnc2c(Cl)cc(NC(c3cn(CCF)nn3)c3ccccc3F)cc12)c1ccccc1. The Kier molecular flexibility index (Phi) is 8.18. The van der Waals surface area contributed by atoms with E-state index in [0.29, 0.717) is 44.1 Å². The smallest absolute Gasteiger partial charge is 0.128 e. The van der Waals surface area contributed by atoms with Crippen LogP contribution in [0.1, 0.15) is 47.8 Å². The summed E-state index contributed by atoms with van der Waals surface area (Å²) in [5, 5.41) is 25.9. The van der Waals surface area contributed by atoms with E-state index in [1.165, 1.54) is 16.9 Å². The lowest BCUT2D eigenvalue weighted by molar-refractivity contribution is 0.422. The molecule has 10 heteroatoms. The number of nitrogens with zero attached hydrogens (tertiary/aromatic N) is 5. The Morgan fingerprint density at radius 2 is 1.85 bits per heavy atom. The number of fused-ring (bicyclic) bond motifs is 1. The normalized spacial score (nSPS) is 12.6. The van der Waals surface area contributed by atoms with Gasteiger partial charge in [-0.2, -0.15) is 5.26 Å². The molecule has 202 valence electrons. The zero-order valence-corrected chi connectivity index (χ0v) is 22.4. The number of hydrogen-bond acceptors (Lipinski definition) is 6. The number of anilines is 2. The second-order valence-corrected chi connectivity index (χ2v) is 9.63. The highest BCUT2D eigenvalue weighted by atomic mass is 35.5. The molecule has 0 saturated carbocycles. The number of aromatic nitrogens is 4. The number of pyridine rings is 1. The van der Waals surface area contributed by atoms with Crippen LogP contribution >= 0.6 is 11.6 Å². The van der Waals surface area contributed by atoms with Crippen LogP contribution < -0.4 is 10.6 Å². The van der Waals surface area contributed by atoms with Crippen LogP contribution in [-0.4, -0.2) is 26.7 Å². The average Bonchev–Trinajstić information content (AvgIpc) is 3.44. The number of alkyl halides is 1. The molecule has 0 spiro atoms. The second kappa shape index (κ2) is 12.1. The van der Waals surface area contributed by atoms with Crippen LogP contribution in [0.3, 0.4) is 0 Å². The predicted octanol–water partition coefficient (Wildman–Crippen LogP) is 7.22. The summed E-state index contributed by atoms with van der Waals surface area (Å²) in [5.41, 5.74) is 3.87. The summed E-state index contributed by atoms with van der Waals surface area (Å²) < 4.78 is 29.3. The molecule has 0 radical (unpaired) electrons. The highest BCUT2D eigenvalue weighted by molar-refractivity contribution is 6.35. The lowest BCUT2D eigenvalue weighted by atomic mass is 10.0. The van der Waals surface area contributed by atoms with Gasteiger partial charge in [-0.15, -0.1) is 5.10 Å². The largest absolute Gasteiger partial charge is 0.377 e. The van der Waals surface area contributed by atoms with Crippen molar-refractivity contribution in [2.24, 2.45) is 0 Å². The molecule has 0 aliphatic carbocycles. The van der Waals surface area contributed by atoms with Gasteiger partial charge in [0.2, 0.25) is 0 Å². The van der Waals surface area contributed by atoms with E-state index in [2.05, 4.69) is 38.9 Å². The van der Waals surface area contributed by atoms with Crippen molar-refractivity contribution in [3.63, 3.8) is 0 Å². The minimum absolute atomic E-state index is 0.0381. The van der Waals surface area contributed by atoms with Crippen molar-refractivity contribution in [1.82, 2.24) is 20.0 Å². The average molecular weight is 558 g/mol. The number of halogens is 3. The van der Waals surface area contributed by atoms with Gasteiger partial charge < -0.3 is 10.6 Å². The Bertz CT molecular complexity index is 1670. The van der Waals surface area contributed by atoms with Crippen molar-refractivity contribution >= 4 is 33.9 Å². The Hall–Kier alpha value is -4.55. The first-order valence-corrected chi connectivity index (χ1v) is 13.2. The van der Waals surface area contributed by atoms with Crippen molar-refractivity contribution in [2.45, 2.75) is 32.0 Å². The highest BCUT2D eigenvalue weighted by Gasteiger charge is 2.23. The number of nitrogens with one attached hydrogen (secondary N) is 2. The van der Waals surface area contributed by atoms with Gasteiger partial charge in [0.25, 0.3) is 0 Å². The van der Waals surface area contributed by atoms with Crippen LogP contribution in [0.25, 0.3) is 10.9 Å². The summed E-state index contributed by atoms with van der Waals surface area (Å²) in [6, 6.07) is 21.3. The first-order valence-electron chi connectivity index (χ1n) is 12.8. The molecule has 0 saturated heterocycles. The maximum Gasteiger partial charge on any atom is 0.128 e. The summed E-state index contributed by atoms with van der Waals surface area (Å²) in [5.74, 6) is -0.434. The fraction of sp³-hybridized carbons (Fsp3) is 0.200. The van der Waals surface area contributed by atoms with Gasteiger partial charge in [0.15, 0.2) is 0 Å². The first-order chi connectivity index (χ1) is 19.5. The lowest BCUT2D eigenvalue weighted by Crippen LogP contribution is -2.15. The number of nitriles is 1. The quantitative estimate of drug-likeness (QED) is 0.188. The minimum atomic E-state index is -0.751. The van der Waals surface area contributed by atoms with E-state index in [9.17, 15) is 14.0 Å². The van der Waals surface area contributed by atoms with Crippen LogP contribution in [0.15, 0.2) is 79.1 Å². The third kappa shape index (κ3) is 5.58. The van der Waals surface area contributed by atoms with Crippen LogP contribution in [0.4, 0.5) is 20.2 Å². The van der Waals surface area contributed by atoms with Gasteiger partial charge in [0.1, 0.15) is 30.3 Å². The molecule has 7 nitrogen and oxygen atoms in total. The topological polar surface area (TPSA) is 91.5 Å². The van der Waals surface area contributed by atoms with Gasteiger partial charge in [0.05, 0.1) is 40.6 Å². The van der Waals surface area contributed by atoms with Crippen LogP contribution in [0.5, 0.6) is 0 Å². The van der Waals surface area contributed by atoms with E-state index in [0.717, 1.165) is 12.0 Å². The van der Waals surface area contributed by atoms with Crippen molar-refractivity contribution < 1.29 is 8.78 Å². The third-order valence-electron chi connectivity index (χ3n) is 6.67. The molecule has 2 N–H and O–H groups in total. The van der Waals surface area contributed by atoms with Gasteiger partial charge in [0, 0.05) is 22.8 Å². The first kappa shape index (κ1) is 27.0. The molecule has 0 aliphatic rings. The number of benzene rings is 3. The van der Waals surface area contributed by atoms with Crippen LogP contribution in [0.2, 0.25) is 5.02 Å². The lowest BCUT2D eigenvalue weighted by Gasteiger charge is -2.22. The number of hydrogen-bond donors (Lipinski definition) is 2. The number of aryl methyl sites for hydroxylation is 1. The molecule has 0 bridgehead atoms. The molecule has 40 heavy (non-hydrogen) atoms. The maximum absolute atomic E-state index is 15.0. The van der Waals surface area contributed by atoms with Crippen LogP contribution in [0, 0.1) is 17.1 Å². The third-order valence-corrected chi connectivity index (χ3v) is 6.96. The fourth-order valence-corrected chi connectivity index (χ4v) is 4.96. The molecule has 0 amide bonds. The van der Waals surface area contributed by atoms with Crippen molar-refractivity contribution in [3.8, 4) is 6.07 Å². The van der Waals surface area contributed by atoms with Gasteiger partial charge in [-0.05, 0) is 30.2 Å². The molecule has 0 fully saturated rings. The van der Waals surface area contributed by atoms with Gasteiger partial charge in [-0.1, -0.05) is 72.3 Å². The van der Waals surface area contributed by atoms with Crippen LogP contribution in [-0.2, 0) is 6.54 Å². The van der Waals surface area contributed by atoms with E-state index in [4.69, 9.17) is 11.6 Å². The Labute approximate surface area is 235 Å². The summed E-state index contributed by atoms with van der Waals surface area (Å²) >= 11 is 6.71. The predicted molar refractivity (Wildman–Crippen MR) is 152 cm³/mol. The fourth-order valence-electron chi connectivity index (χ4n) is 4.69. The summed E-state index contributed by atoms with van der Waals surface area (Å²) in [7, 11) is 0. The van der Waals surface area contributed by atoms with Crippen molar-refractivity contribution in [1.29, 1.82) is 5.26 Å². The molecule has 3 aromatic carbocycles. The van der Waals surface area contributed by atoms with Gasteiger partial charge >= 0.3 is 0 Å². The molecular formula is C30H26ClF2N7. The van der Waals surface area contributed by atoms with Gasteiger partial charge in [-0.25, -0.2) is 13.5 Å². The Morgan fingerprint density at radius 3 is 2.58 bits per heavy atom. The van der Waals surface area contributed by atoms with Gasteiger partial charge in [-0.3, -0.25) is 4.98 Å². The Balaban J connectivity index is 1.60. The minimum Gasteiger partial charge on any atom is -0.377 e. The van der Waals surface area contributed by atoms with E-state index >= 15 is 0 Å². The summed E-state index contributed by atoms with van der Waals surface area (Å²) in [6.45, 7) is 1.50. The molecule has 5 aromatic rings. The number of rotatable bonds is 10. The molecule has 0 aliphatic heterocycles. The summed E-state index contributed by atoms with van der Waals surface area (Å²) in [6.07, 6.45) is 3.86. The molecule has 2 aromatic heterocycles.